The highest BCUT2D eigenvalue weighted by molar-refractivity contribution is 5.27. The number of pyridine rings is 1. The van der Waals surface area contributed by atoms with Gasteiger partial charge in [-0.1, -0.05) is 0 Å². The Balaban J connectivity index is 2.18. The van der Waals surface area contributed by atoms with E-state index in [1.807, 2.05) is 12.1 Å². The molecule has 2 rings (SSSR count). The normalized spacial score (nSPS) is 21.3. The van der Waals surface area contributed by atoms with Crippen molar-refractivity contribution in [2.24, 2.45) is 0 Å². The van der Waals surface area contributed by atoms with E-state index in [2.05, 4.69) is 10.5 Å². The number of nitrogens with one attached hydrogen (secondary N) is 1. The van der Waals surface area contributed by atoms with E-state index in [0.29, 0.717) is 12.2 Å². The molecule has 0 aromatic carbocycles. The van der Waals surface area contributed by atoms with Crippen LogP contribution in [0.1, 0.15) is 23.7 Å². The SMILES string of the molecule is N#Cc1ccc([C@@H]2CCON2)nc1. The Morgan fingerprint density at radius 1 is 1.62 bits per heavy atom. The first-order valence-electron chi connectivity index (χ1n) is 4.13. The van der Waals surface area contributed by atoms with Gasteiger partial charge in [0.1, 0.15) is 6.07 Å². The zero-order chi connectivity index (χ0) is 9.10. The minimum atomic E-state index is 0.174. The second kappa shape index (κ2) is 3.52. The predicted octanol–water partition coefficient (Wildman–Crippen LogP) is 0.919. The van der Waals surface area contributed by atoms with Crippen LogP contribution in [0.15, 0.2) is 18.3 Å². The Bertz CT molecular complexity index is 322. The highest BCUT2D eigenvalue weighted by Crippen LogP contribution is 2.18. The van der Waals surface area contributed by atoms with Crippen LogP contribution in [-0.2, 0) is 4.84 Å². The van der Waals surface area contributed by atoms with Crippen molar-refractivity contribution < 1.29 is 4.84 Å². The summed E-state index contributed by atoms with van der Waals surface area (Å²) < 4.78 is 0. The van der Waals surface area contributed by atoms with Crippen LogP contribution < -0.4 is 5.48 Å². The van der Waals surface area contributed by atoms with Crippen molar-refractivity contribution >= 4 is 0 Å². The van der Waals surface area contributed by atoms with Crippen molar-refractivity contribution in [3.8, 4) is 6.07 Å². The van der Waals surface area contributed by atoms with E-state index in [-0.39, 0.29) is 6.04 Å². The summed E-state index contributed by atoms with van der Waals surface area (Å²) in [6, 6.07) is 5.82. The smallest absolute Gasteiger partial charge is 0.101 e. The van der Waals surface area contributed by atoms with Crippen molar-refractivity contribution in [2.75, 3.05) is 6.61 Å². The van der Waals surface area contributed by atoms with E-state index in [9.17, 15) is 0 Å². The molecule has 1 atom stereocenters. The van der Waals surface area contributed by atoms with E-state index in [4.69, 9.17) is 10.1 Å². The molecule has 4 nitrogen and oxygen atoms in total. The molecule has 1 fully saturated rings. The molecule has 1 aromatic rings. The molecule has 0 spiro atoms. The molecule has 1 aliphatic heterocycles. The number of nitrogens with zero attached hydrogens (tertiary/aromatic N) is 2. The van der Waals surface area contributed by atoms with Crippen LogP contribution in [0.5, 0.6) is 0 Å². The maximum absolute atomic E-state index is 8.56. The molecule has 13 heavy (non-hydrogen) atoms. The first-order valence-corrected chi connectivity index (χ1v) is 4.13. The van der Waals surface area contributed by atoms with Crippen LogP contribution in [0.2, 0.25) is 0 Å². The maximum atomic E-state index is 8.56. The number of aromatic nitrogens is 1. The van der Waals surface area contributed by atoms with Gasteiger partial charge in [-0.2, -0.15) is 10.7 Å². The highest BCUT2D eigenvalue weighted by Gasteiger charge is 2.17. The Labute approximate surface area is 76.1 Å². The first kappa shape index (κ1) is 8.17. The Hall–Kier alpha value is -1.44. The Morgan fingerprint density at radius 3 is 3.08 bits per heavy atom. The lowest BCUT2D eigenvalue weighted by Gasteiger charge is -2.06. The van der Waals surface area contributed by atoms with E-state index in [0.717, 1.165) is 12.1 Å². The van der Waals surface area contributed by atoms with Gasteiger partial charge in [0.25, 0.3) is 0 Å². The van der Waals surface area contributed by atoms with Crippen molar-refractivity contribution in [1.29, 1.82) is 5.26 Å². The van der Waals surface area contributed by atoms with Crippen molar-refractivity contribution in [3.63, 3.8) is 0 Å². The molecule has 1 aromatic heterocycles. The monoisotopic (exact) mass is 175 g/mol. The summed E-state index contributed by atoms with van der Waals surface area (Å²) in [6.07, 6.45) is 2.51. The molecule has 66 valence electrons. The van der Waals surface area contributed by atoms with Gasteiger partial charge in [0.2, 0.25) is 0 Å². The average Bonchev–Trinajstić information content (AvgIpc) is 2.71. The van der Waals surface area contributed by atoms with Crippen LogP contribution in [-0.4, -0.2) is 11.6 Å². The second-order valence-corrected chi connectivity index (χ2v) is 2.89. The molecule has 1 aliphatic rings. The van der Waals surface area contributed by atoms with Gasteiger partial charge < -0.3 is 4.84 Å². The molecule has 0 amide bonds. The molecule has 0 radical (unpaired) electrons. The summed E-state index contributed by atoms with van der Waals surface area (Å²) in [5.41, 5.74) is 4.38. The molecule has 0 saturated carbocycles. The second-order valence-electron chi connectivity index (χ2n) is 2.89. The Kier molecular flexibility index (Phi) is 2.21. The number of hydrogen-bond acceptors (Lipinski definition) is 4. The molecular formula is C9H9N3O. The largest absolute Gasteiger partial charge is 0.301 e. The quantitative estimate of drug-likeness (QED) is 0.689. The summed E-state index contributed by atoms with van der Waals surface area (Å²) in [7, 11) is 0. The van der Waals surface area contributed by atoms with Crippen LogP contribution in [0.4, 0.5) is 0 Å². The standard InChI is InChI=1S/C9H9N3O/c10-5-7-1-2-8(11-6-7)9-3-4-13-12-9/h1-2,6,9,12H,3-4H2/t9-/m0/s1. The highest BCUT2D eigenvalue weighted by atomic mass is 16.7. The van der Waals surface area contributed by atoms with Crippen LogP contribution >= 0.6 is 0 Å². The molecule has 2 heterocycles. The van der Waals surface area contributed by atoms with Crippen LogP contribution in [0.3, 0.4) is 0 Å². The lowest BCUT2D eigenvalue weighted by molar-refractivity contribution is 0.0876. The number of rotatable bonds is 1. The van der Waals surface area contributed by atoms with Gasteiger partial charge >= 0.3 is 0 Å². The lowest BCUT2D eigenvalue weighted by atomic mass is 10.1. The molecule has 0 bridgehead atoms. The van der Waals surface area contributed by atoms with E-state index < -0.39 is 0 Å². The van der Waals surface area contributed by atoms with Crippen molar-refractivity contribution in [2.45, 2.75) is 12.5 Å². The van der Waals surface area contributed by atoms with Gasteiger partial charge in [-0.3, -0.25) is 4.98 Å². The fourth-order valence-corrected chi connectivity index (χ4v) is 1.28. The van der Waals surface area contributed by atoms with E-state index in [1.54, 1.807) is 12.3 Å². The third kappa shape index (κ3) is 1.66. The van der Waals surface area contributed by atoms with Crippen LogP contribution in [0, 0.1) is 11.3 Å². The molecule has 1 N–H and O–H groups in total. The molecule has 0 aliphatic carbocycles. The molecule has 0 unspecified atom stereocenters. The third-order valence-electron chi connectivity index (χ3n) is 2.01. The predicted molar refractivity (Wildman–Crippen MR) is 45.4 cm³/mol. The summed E-state index contributed by atoms with van der Waals surface area (Å²) in [5.74, 6) is 0. The minimum Gasteiger partial charge on any atom is -0.301 e. The van der Waals surface area contributed by atoms with Gasteiger partial charge in [0.05, 0.1) is 23.9 Å². The molecule has 4 heteroatoms. The molecular weight excluding hydrogens is 166 g/mol. The van der Waals surface area contributed by atoms with E-state index in [1.165, 1.54) is 0 Å². The van der Waals surface area contributed by atoms with E-state index >= 15 is 0 Å². The number of hydroxylamine groups is 1. The maximum Gasteiger partial charge on any atom is 0.101 e. The molecule has 1 saturated heterocycles. The fraction of sp³-hybridized carbons (Fsp3) is 0.333. The average molecular weight is 175 g/mol. The number of hydrogen-bond donors (Lipinski definition) is 1. The summed E-state index contributed by atoms with van der Waals surface area (Å²) in [6.45, 7) is 0.715. The number of nitriles is 1. The van der Waals surface area contributed by atoms with Gasteiger partial charge in [0.15, 0.2) is 0 Å². The zero-order valence-corrected chi connectivity index (χ0v) is 7.03. The van der Waals surface area contributed by atoms with Gasteiger partial charge in [-0.25, -0.2) is 0 Å². The minimum absolute atomic E-state index is 0.174. The summed E-state index contributed by atoms with van der Waals surface area (Å²) in [5, 5.41) is 8.56. The van der Waals surface area contributed by atoms with Gasteiger partial charge in [0, 0.05) is 6.20 Å². The van der Waals surface area contributed by atoms with Crippen molar-refractivity contribution in [3.05, 3.63) is 29.6 Å². The van der Waals surface area contributed by atoms with Gasteiger partial charge in [-0.05, 0) is 18.6 Å². The first-order chi connectivity index (χ1) is 6.40. The van der Waals surface area contributed by atoms with Gasteiger partial charge in [-0.15, -0.1) is 0 Å². The summed E-state index contributed by atoms with van der Waals surface area (Å²) in [4.78, 5) is 9.18. The Morgan fingerprint density at radius 2 is 2.54 bits per heavy atom. The third-order valence-corrected chi connectivity index (χ3v) is 2.01. The fourth-order valence-electron chi connectivity index (χ4n) is 1.28. The van der Waals surface area contributed by atoms with Crippen LogP contribution in [0.25, 0.3) is 0 Å². The summed E-state index contributed by atoms with van der Waals surface area (Å²) >= 11 is 0. The lowest BCUT2D eigenvalue weighted by Crippen LogP contribution is -2.12. The zero-order valence-electron chi connectivity index (χ0n) is 7.03. The topological polar surface area (TPSA) is 57.9 Å². The van der Waals surface area contributed by atoms with Crippen molar-refractivity contribution in [1.82, 2.24) is 10.5 Å².